The first kappa shape index (κ1) is 19.2. The van der Waals surface area contributed by atoms with E-state index in [1.165, 1.54) is 36.4 Å². The molecule has 0 aliphatic carbocycles. The number of hydrogen-bond donors (Lipinski definition) is 1. The van der Waals surface area contributed by atoms with E-state index >= 15 is 0 Å². The number of aliphatic hydroxyl groups is 1. The molecule has 0 saturated carbocycles. The van der Waals surface area contributed by atoms with Crippen molar-refractivity contribution in [2.45, 2.75) is 25.6 Å². The van der Waals surface area contributed by atoms with Crippen LogP contribution in [0.25, 0.3) is 0 Å². The minimum Gasteiger partial charge on any atom is -0.374 e. The van der Waals surface area contributed by atoms with Crippen LogP contribution in [0.1, 0.15) is 40.6 Å². The summed E-state index contributed by atoms with van der Waals surface area (Å²) in [6, 6.07) is 10.3. The number of fused-ring (bicyclic) bond motifs is 1. The van der Waals surface area contributed by atoms with E-state index in [4.69, 9.17) is 0 Å². The van der Waals surface area contributed by atoms with Gasteiger partial charge in [-0.05, 0) is 73.8 Å². The van der Waals surface area contributed by atoms with Gasteiger partial charge in [-0.25, -0.2) is 8.78 Å². The molecular weight excluding hydrogens is 362 g/mol. The number of carbonyl (C=O) groups excluding carboxylic acids is 1. The molecule has 0 aromatic heterocycles. The van der Waals surface area contributed by atoms with Crippen molar-refractivity contribution >= 4 is 5.78 Å². The van der Waals surface area contributed by atoms with E-state index in [-0.39, 0.29) is 17.4 Å². The van der Waals surface area contributed by atoms with Crippen LogP contribution in [0.4, 0.5) is 8.78 Å². The number of halogens is 2. The number of aliphatic hydroxyl groups excluding tert-OH is 1. The number of carbonyl (C=O) groups is 1. The van der Waals surface area contributed by atoms with Gasteiger partial charge in [0.25, 0.3) is 0 Å². The van der Waals surface area contributed by atoms with Gasteiger partial charge in [0.05, 0.1) is 6.54 Å². The lowest BCUT2D eigenvalue weighted by Crippen LogP contribution is -2.40. The smallest absolute Gasteiger partial charge is 0.176 e. The van der Waals surface area contributed by atoms with Gasteiger partial charge in [-0.2, -0.15) is 0 Å². The van der Waals surface area contributed by atoms with Crippen LogP contribution in [-0.2, 0) is 6.54 Å². The van der Waals surface area contributed by atoms with Gasteiger partial charge in [-0.3, -0.25) is 14.6 Å². The second-order valence-electron chi connectivity index (χ2n) is 7.80. The Kier molecular flexibility index (Phi) is 5.53. The van der Waals surface area contributed by atoms with Gasteiger partial charge in [0.15, 0.2) is 5.78 Å². The van der Waals surface area contributed by atoms with E-state index in [2.05, 4.69) is 4.90 Å². The number of benzene rings is 2. The van der Waals surface area contributed by atoms with Gasteiger partial charge in [-0.15, -0.1) is 0 Å². The number of ketones is 1. The Hall–Kier alpha value is -2.15. The molecule has 28 heavy (non-hydrogen) atoms. The predicted molar refractivity (Wildman–Crippen MR) is 102 cm³/mol. The highest BCUT2D eigenvalue weighted by Crippen LogP contribution is 2.34. The van der Waals surface area contributed by atoms with Crippen molar-refractivity contribution < 1.29 is 18.7 Å². The second-order valence-corrected chi connectivity index (χ2v) is 7.80. The maximum Gasteiger partial charge on any atom is 0.176 e. The third-order valence-electron chi connectivity index (χ3n) is 5.84. The van der Waals surface area contributed by atoms with Crippen LogP contribution in [0.3, 0.4) is 0 Å². The Bertz CT molecular complexity index is 848. The normalized spacial score (nSPS) is 21.0. The average molecular weight is 386 g/mol. The van der Waals surface area contributed by atoms with Gasteiger partial charge in [0.2, 0.25) is 0 Å². The molecular formula is C22H24F2N2O2. The summed E-state index contributed by atoms with van der Waals surface area (Å²) in [4.78, 5) is 16.5. The lowest BCUT2D eigenvalue weighted by atomic mass is 9.95. The highest BCUT2D eigenvalue weighted by atomic mass is 19.1. The zero-order chi connectivity index (χ0) is 19.7. The summed E-state index contributed by atoms with van der Waals surface area (Å²) >= 11 is 0. The van der Waals surface area contributed by atoms with Crippen LogP contribution in [0, 0.1) is 17.6 Å². The van der Waals surface area contributed by atoms with E-state index in [0.717, 1.165) is 38.0 Å². The van der Waals surface area contributed by atoms with Crippen LogP contribution < -0.4 is 0 Å². The van der Waals surface area contributed by atoms with Crippen molar-refractivity contribution in [1.82, 2.24) is 9.80 Å². The van der Waals surface area contributed by atoms with Crippen molar-refractivity contribution in [3.63, 3.8) is 0 Å². The minimum atomic E-state index is -0.746. The summed E-state index contributed by atoms with van der Waals surface area (Å²) in [5.41, 5.74) is 2.19. The molecule has 4 nitrogen and oxygen atoms in total. The van der Waals surface area contributed by atoms with Gasteiger partial charge in [0.1, 0.15) is 17.9 Å². The number of hydrogen-bond acceptors (Lipinski definition) is 4. The Labute approximate surface area is 163 Å². The van der Waals surface area contributed by atoms with Crippen molar-refractivity contribution in [2.24, 2.45) is 5.92 Å². The number of likely N-dealkylation sites (tertiary alicyclic amines) is 1. The Morgan fingerprint density at radius 3 is 2.43 bits per heavy atom. The third kappa shape index (κ3) is 4.14. The summed E-state index contributed by atoms with van der Waals surface area (Å²) < 4.78 is 26.4. The molecule has 2 heterocycles. The van der Waals surface area contributed by atoms with Crippen LogP contribution in [-0.4, -0.2) is 46.9 Å². The largest absolute Gasteiger partial charge is 0.374 e. The van der Waals surface area contributed by atoms with Crippen molar-refractivity contribution in [1.29, 1.82) is 0 Å². The SMILES string of the molecule is O=C(CN1CCC(CN2Cc3ccc(F)cc3C2O)CC1)c1ccc(F)cc1. The first-order valence-corrected chi connectivity index (χ1v) is 9.71. The summed E-state index contributed by atoms with van der Waals surface area (Å²) in [6.07, 6.45) is 1.15. The molecule has 2 aromatic carbocycles. The fraction of sp³-hybridized carbons (Fsp3) is 0.409. The highest BCUT2D eigenvalue weighted by Gasteiger charge is 2.31. The average Bonchev–Trinajstić information content (AvgIpc) is 2.99. The molecule has 2 aliphatic heterocycles. The molecule has 1 fully saturated rings. The van der Waals surface area contributed by atoms with Crippen LogP contribution in [0.2, 0.25) is 0 Å². The standard InChI is InChI=1S/C22H24F2N2O2/c23-18-4-1-16(2-5-18)21(27)14-25-9-7-15(8-10-25)12-26-13-17-3-6-19(24)11-20(17)22(26)28/h1-6,11,15,22,28H,7-10,12-14H2. The molecule has 0 radical (unpaired) electrons. The lowest BCUT2D eigenvalue weighted by molar-refractivity contribution is -0.00363. The third-order valence-corrected chi connectivity index (χ3v) is 5.84. The number of nitrogens with zero attached hydrogens (tertiary/aromatic N) is 2. The summed E-state index contributed by atoms with van der Waals surface area (Å²) in [6.45, 7) is 3.39. The molecule has 1 unspecified atom stereocenters. The van der Waals surface area contributed by atoms with Crippen LogP contribution >= 0.6 is 0 Å². The fourth-order valence-electron chi connectivity index (χ4n) is 4.21. The minimum absolute atomic E-state index is 0.00545. The summed E-state index contributed by atoms with van der Waals surface area (Å²) in [5, 5.41) is 10.5. The quantitative estimate of drug-likeness (QED) is 0.801. The van der Waals surface area contributed by atoms with Crippen LogP contribution in [0.15, 0.2) is 42.5 Å². The van der Waals surface area contributed by atoms with Crippen molar-refractivity contribution in [3.8, 4) is 0 Å². The summed E-state index contributed by atoms with van der Waals surface area (Å²) in [5.74, 6) is -0.220. The fourth-order valence-corrected chi connectivity index (χ4v) is 4.21. The monoisotopic (exact) mass is 386 g/mol. The number of Topliss-reactive ketones (excluding diaryl/α,β-unsaturated/α-hetero) is 1. The zero-order valence-electron chi connectivity index (χ0n) is 15.7. The lowest BCUT2D eigenvalue weighted by Gasteiger charge is -2.34. The van der Waals surface area contributed by atoms with E-state index in [9.17, 15) is 18.7 Å². The van der Waals surface area contributed by atoms with E-state index < -0.39 is 6.23 Å². The maximum absolute atomic E-state index is 13.4. The molecule has 1 N–H and O–H groups in total. The van der Waals surface area contributed by atoms with E-state index in [1.54, 1.807) is 6.07 Å². The number of rotatable bonds is 5. The molecule has 1 atom stereocenters. The van der Waals surface area contributed by atoms with Crippen LogP contribution in [0.5, 0.6) is 0 Å². The predicted octanol–water partition coefficient (Wildman–Crippen LogP) is 3.37. The first-order valence-electron chi connectivity index (χ1n) is 9.71. The molecule has 0 amide bonds. The Morgan fingerprint density at radius 1 is 1.04 bits per heavy atom. The zero-order valence-corrected chi connectivity index (χ0v) is 15.7. The molecule has 4 rings (SSSR count). The highest BCUT2D eigenvalue weighted by molar-refractivity contribution is 5.97. The van der Waals surface area contributed by atoms with Gasteiger partial charge in [-0.1, -0.05) is 6.07 Å². The van der Waals surface area contributed by atoms with Gasteiger partial charge >= 0.3 is 0 Å². The van der Waals surface area contributed by atoms with Gasteiger partial charge in [0, 0.05) is 24.2 Å². The van der Waals surface area contributed by atoms with E-state index in [1.807, 2.05) is 4.90 Å². The first-order chi connectivity index (χ1) is 13.5. The topological polar surface area (TPSA) is 43.8 Å². The van der Waals surface area contributed by atoms with Gasteiger partial charge < -0.3 is 5.11 Å². The Morgan fingerprint density at radius 2 is 1.71 bits per heavy atom. The molecule has 0 bridgehead atoms. The van der Waals surface area contributed by atoms with Crippen molar-refractivity contribution in [2.75, 3.05) is 26.2 Å². The maximum atomic E-state index is 13.4. The Balaban J connectivity index is 1.27. The van der Waals surface area contributed by atoms with E-state index in [0.29, 0.717) is 30.1 Å². The molecule has 0 spiro atoms. The second kappa shape index (κ2) is 8.07. The molecule has 148 valence electrons. The molecule has 2 aliphatic rings. The molecule has 2 aromatic rings. The number of piperidine rings is 1. The van der Waals surface area contributed by atoms with Crippen molar-refractivity contribution in [3.05, 3.63) is 70.8 Å². The summed E-state index contributed by atoms with van der Waals surface area (Å²) in [7, 11) is 0. The molecule has 1 saturated heterocycles. The molecule has 6 heteroatoms.